The van der Waals surface area contributed by atoms with Crippen LogP contribution in [-0.2, 0) is 9.84 Å². The number of phenolic OH excluding ortho intramolecular Hbond substituents is 1. The number of nitrogens with zero attached hydrogens (tertiary/aromatic N) is 1. The van der Waals surface area contributed by atoms with E-state index >= 15 is 0 Å². The van der Waals surface area contributed by atoms with E-state index in [-0.39, 0.29) is 16.3 Å². The Morgan fingerprint density at radius 1 is 1.04 bits per heavy atom. The molecule has 0 spiro atoms. The molecule has 0 saturated carbocycles. The molecule has 0 amide bonds. The topological polar surface area (TPSA) is 120 Å². The van der Waals surface area contributed by atoms with Gasteiger partial charge in [0.1, 0.15) is 11.4 Å². The molecule has 3 N–H and O–H groups in total. The quantitative estimate of drug-likeness (QED) is 0.500. The molecular weight excluding hydrogens is 368 g/mol. The van der Waals surface area contributed by atoms with Gasteiger partial charge in [-0.1, -0.05) is 12.1 Å². The SMILES string of the molecule is CS(=O)(=O)c1ccc(-c2nc(C(=O)O)cc3c2[nH]c2ccc(O)cc23)cc1. The van der Waals surface area contributed by atoms with Crippen molar-refractivity contribution in [3.05, 3.63) is 54.2 Å². The van der Waals surface area contributed by atoms with E-state index in [9.17, 15) is 23.4 Å². The van der Waals surface area contributed by atoms with E-state index in [0.717, 1.165) is 11.8 Å². The zero-order chi connectivity index (χ0) is 19.3. The number of aromatic amines is 1. The van der Waals surface area contributed by atoms with Crippen LogP contribution in [0.1, 0.15) is 10.5 Å². The number of H-pyrrole nitrogens is 1. The van der Waals surface area contributed by atoms with E-state index < -0.39 is 15.8 Å². The monoisotopic (exact) mass is 382 g/mol. The number of aromatic nitrogens is 2. The normalized spacial score (nSPS) is 11.9. The number of carbonyl (C=O) groups is 1. The maximum absolute atomic E-state index is 11.7. The summed E-state index contributed by atoms with van der Waals surface area (Å²) in [5.74, 6) is -1.11. The molecule has 2 aromatic heterocycles. The van der Waals surface area contributed by atoms with E-state index in [2.05, 4.69) is 9.97 Å². The summed E-state index contributed by atoms with van der Waals surface area (Å²) in [5.41, 5.74) is 2.15. The summed E-state index contributed by atoms with van der Waals surface area (Å²) >= 11 is 0. The highest BCUT2D eigenvalue weighted by atomic mass is 32.2. The van der Waals surface area contributed by atoms with Crippen molar-refractivity contribution in [3.63, 3.8) is 0 Å². The van der Waals surface area contributed by atoms with Crippen molar-refractivity contribution in [2.24, 2.45) is 0 Å². The Labute approximate surface area is 153 Å². The van der Waals surface area contributed by atoms with Gasteiger partial charge in [0.25, 0.3) is 0 Å². The number of pyridine rings is 1. The highest BCUT2D eigenvalue weighted by Crippen LogP contribution is 2.34. The Kier molecular flexibility index (Phi) is 3.67. The molecule has 0 aliphatic rings. The summed E-state index contributed by atoms with van der Waals surface area (Å²) in [6, 6.07) is 12.3. The summed E-state index contributed by atoms with van der Waals surface area (Å²) in [6.45, 7) is 0. The third-order valence-electron chi connectivity index (χ3n) is 4.35. The van der Waals surface area contributed by atoms with E-state index in [0.29, 0.717) is 27.5 Å². The summed E-state index contributed by atoms with van der Waals surface area (Å²) in [4.78, 5) is 19.1. The average Bonchev–Trinajstić information content (AvgIpc) is 2.98. The van der Waals surface area contributed by atoms with Gasteiger partial charge < -0.3 is 15.2 Å². The molecule has 0 atom stereocenters. The van der Waals surface area contributed by atoms with Crippen LogP contribution >= 0.6 is 0 Å². The van der Waals surface area contributed by atoms with Gasteiger partial charge in [0.15, 0.2) is 9.84 Å². The molecule has 7 nitrogen and oxygen atoms in total. The molecule has 2 aromatic carbocycles. The first-order chi connectivity index (χ1) is 12.7. The lowest BCUT2D eigenvalue weighted by Gasteiger charge is -2.06. The van der Waals surface area contributed by atoms with Crippen molar-refractivity contribution >= 4 is 37.6 Å². The smallest absolute Gasteiger partial charge is 0.354 e. The first kappa shape index (κ1) is 17.0. The first-order valence-corrected chi connectivity index (χ1v) is 9.82. The van der Waals surface area contributed by atoms with Gasteiger partial charge in [-0.3, -0.25) is 0 Å². The number of phenols is 1. The van der Waals surface area contributed by atoms with Crippen molar-refractivity contribution in [1.82, 2.24) is 9.97 Å². The number of aromatic hydroxyl groups is 1. The number of fused-ring (bicyclic) bond motifs is 3. The predicted octanol–water partition coefficient (Wildman–Crippen LogP) is 3.19. The number of hydrogen-bond acceptors (Lipinski definition) is 5. The predicted molar refractivity (Wildman–Crippen MR) is 101 cm³/mol. The Bertz CT molecular complexity index is 1320. The number of carboxylic acids is 1. The third kappa shape index (κ3) is 2.89. The van der Waals surface area contributed by atoms with Crippen LogP contribution in [0.15, 0.2) is 53.4 Å². The van der Waals surface area contributed by atoms with E-state index in [1.165, 1.54) is 24.3 Å². The van der Waals surface area contributed by atoms with Gasteiger partial charge in [-0.15, -0.1) is 0 Å². The maximum Gasteiger partial charge on any atom is 0.354 e. The number of nitrogens with one attached hydrogen (secondary N) is 1. The van der Waals surface area contributed by atoms with Crippen LogP contribution in [0.4, 0.5) is 0 Å². The second-order valence-electron chi connectivity index (χ2n) is 6.24. The van der Waals surface area contributed by atoms with Gasteiger partial charge in [-0.25, -0.2) is 18.2 Å². The minimum atomic E-state index is -3.34. The van der Waals surface area contributed by atoms with Crippen LogP contribution in [0.2, 0.25) is 0 Å². The number of carboxylic acid groups (broad SMARTS) is 1. The van der Waals surface area contributed by atoms with Gasteiger partial charge in [0, 0.05) is 28.1 Å². The number of benzene rings is 2. The Hall–Kier alpha value is -3.39. The van der Waals surface area contributed by atoms with Gasteiger partial charge in [0.05, 0.1) is 16.1 Å². The van der Waals surface area contributed by atoms with Crippen LogP contribution < -0.4 is 0 Å². The lowest BCUT2D eigenvalue weighted by Crippen LogP contribution is -2.02. The van der Waals surface area contributed by atoms with Crippen molar-refractivity contribution in [1.29, 1.82) is 0 Å². The average molecular weight is 382 g/mol. The fourth-order valence-corrected chi connectivity index (χ4v) is 3.69. The minimum Gasteiger partial charge on any atom is -0.508 e. The standard InChI is InChI=1S/C19H14N2O5S/c1-27(25,26)12-5-2-10(3-6-12)17-18-14(9-16(21-17)19(23)24)13-8-11(22)4-7-15(13)20-18/h2-9,20,22H,1H3,(H,23,24). The third-order valence-corrected chi connectivity index (χ3v) is 5.48. The zero-order valence-electron chi connectivity index (χ0n) is 14.1. The van der Waals surface area contributed by atoms with Crippen molar-refractivity contribution in [3.8, 4) is 17.0 Å². The molecule has 2 heterocycles. The summed E-state index contributed by atoms with van der Waals surface area (Å²) in [7, 11) is -3.34. The molecule has 0 bridgehead atoms. The molecule has 0 unspecified atom stereocenters. The molecule has 136 valence electrons. The maximum atomic E-state index is 11.7. The van der Waals surface area contributed by atoms with Crippen LogP contribution in [0.3, 0.4) is 0 Å². The molecular formula is C19H14N2O5S. The minimum absolute atomic E-state index is 0.0659. The molecule has 4 rings (SSSR count). The Balaban J connectivity index is 2.04. The lowest BCUT2D eigenvalue weighted by atomic mass is 10.1. The highest BCUT2D eigenvalue weighted by Gasteiger charge is 2.17. The number of aromatic carboxylic acids is 1. The van der Waals surface area contributed by atoms with E-state index in [1.807, 2.05) is 0 Å². The molecule has 27 heavy (non-hydrogen) atoms. The van der Waals surface area contributed by atoms with Crippen LogP contribution in [0.5, 0.6) is 5.75 Å². The summed E-state index contributed by atoms with van der Waals surface area (Å²) in [6.07, 6.45) is 1.12. The van der Waals surface area contributed by atoms with Crippen molar-refractivity contribution in [2.75, 3.05) is 6.26 Å². The first-order valence-electron chi connectivity index (χ1n) is 7.93. The number of sulfone groups is 1. The molecule has 0 radical (unpaired) electrons. The summed E-state index contributed by atoms with van der Waals surface area (Å²) in [5, 5.41) is 20.5. The van der Waals surface area contributed by atoms with Gasteiger partial charge >= 0.3 is 5.97 Å². The molecule has 0 fully saturated rings. The van der Waals surface area contributed by atoms with E-state index in [1.54, 1.807) is 24.3 Å². The van der Waals surface area contributed by atoms with Crippen LogP contribution in [-0.4, -0.2) is 40.8 Å². The number of rotatable bonds is 3. The van der Waals surface area contributed by atoms with Gasteiger partial charge in [0.2, 0.25) is 0 Å². The van der Waals surface area contributed by atoms with Crippen molar-refractivity contribution in [2.45, 2.75) is 4.90 Å². The zero-order valence-corrected chi connectivity index (χ0v) is 14.9. The largest absolute Gasteiger partial charge is 0.508 e. The molecule has 8 heteroatoms. The Morgan fingerprint density at radius 3 is 2.37 bits per heavy atom. The van der Waals surface area contributed by atoms with Crippen LogP contribution in [0.25, 0.3) is 33.1 Å². The molecule has 0 saturated heterocycles. The molecule has 0 aliphatic heterocycles. The fraction of sp³-hybridized carbons (Fsp3) is 0.0526. The highest BCUT2D eigenvalue weighted by molar-refractivity contribution is 7.90. The van der Waals surface area contributed by atoms with Gasteiger partial charge in [-0.05, 0) is 36.4 Å². The lowest BCUT2D eigenvalue weighted by molar-refractivity contribution is 0.0691. The molecule has 0 aliphatic carbocycles. The molecule has 4 aromatic rings. The second kappa shape index (κ2) is 5.82. The van der Waals surface area contributed by atoms with Gasteiger partial charge in [-0.2, -0.15) is 0 Å². The summed E-state index contributed by atoms with van der Waals surface area (Å²) < 4.78 is 23.3. The fourth-order valence-electron chi connectivity index (χ4n) is 3.06. The number of hydrogen-bond donors (Lipinski definition) is 3. The second-order valence-corrected chi connectivity index (χ2v) is 8.25. The van der Waals surface area contributed by atoms with Crippen LogP contribution in [0, 0.1) is 0 Å². The van der Waals surface area contributed by atoms with E-state index in [4.69, 9.17) is 0 Å². The van der Waals surface area contributed by atoms with Crippen molar-refractivity contribution < 1.29 is 23.4 Å². The Morgan fingerprint density at radius 2 is 1.74 bits per heavy atom.